The van der Waals surface area contributed by atoms with Crippen molar-refractivity contribution in [2.75, 3.05) is 13.2 Å². The van der Waals surface area contributed by atoms with Gasteiger partial charge in [-0.15, -0.1) is 0 Å². The summed E-state index contributed by atoms with van der Waals surface area (Å²) in [6.45, 7) is 4.24. The molecule has 4 nitrogen and oxygen atoms in total. The predicted molar refractivity (Wildman–Crippen MR) is 98.1 cm³/mol. The highest BCUT2D eigenvalue weighted by molar-refractivity contribution is 9.10. The van der Waals surface area contributed by atoms with Crippen LogP contribution in [-0.2, 0) is 14.3 Å². The number of Topliss-reactive ketones (excluding diaryl/α,β-unsaturated/α-hetero) is 1. The van der Waals surface area contributed by atoms with E-state index in [4.69, 9.17) is 9.47 Å². The van der Waals surface area contributed by atoms with Crippen LogP contribution in [0, 0.1) is 5.92 Å². The van der Waals surface area contributed by atoms with Gasteiger partial charge in [-0.2, -0.15) is 0 Å². The van der Waals surface area contributed by atoms with E-state index in [1.165, 1.54) is 6.92 Å². The Bertz CT molecular complexity index is 499. The smallest absolute Gasteiger partial charge is 0.316 e. The van der Waals surface area contributed by atoms with E-state index >= 15 is 0 Å². The lowest BCUT2D eigenvalue weighted by Crippen LogP contribution is -2.24. The second-order valence-corrected chi connectivity index (χ2v) is 6.69. The number of unbranched alkanes of at least 4 members (excludes halogenated alkanes) is 4. The second-order valence-electron chi connectivity index (χ2n) is 5.77. The molecule has 134 valence electrons. The largest absolute Gasteiger partial charge is 0.494 e. The summed E-state index contributed by atoms with van der Waals surface area (Å²) in [6.07, 6.45) is 5.64. The van der Waals surface area contributed by atoms with E-state index in [0.29, 0.717) is 19.6 Å². The molecule has 1 aromatic carbocycles. The van der Waals surface area contributed by atoms with Crippen molar-refractivity contribution >= 4 is 27.7 Å². The lowest BCUT2D eigenvalue weighted by molar-refractivity contribution is -0.151. The van der Waals surface area contributed by atoms with Crippen LogP contribution in [0.1, 0.15) is 52.4 Å². The molecule has 0 fully saturated rings. The van der Waals surface area contributed by atoms with Gasteiger partial charge >= 0.3 is 5.97 Å². The van der Waals surface area contributed by atoms with Gasteiger partial charge in [-0.1, -0.05) is 41.6 Å². The minimum absolute atomic E-state index is 0.101. The van der Waals surface area contributed by atoms with Gasteiger partial charge < -0.3 is 9.47 Å². The standard InChI is InChI=1S/C19H27BrO4/c1-3-23-19(22)18(15(2)21)9-7-5-4-6-8-14-24-17-12-10-16(20)11-13-17/h10-13,18H,3-9,14H2,1-2H3. The molecule has 0 N–H and O–H groups in total. The average molecular weight is 399 g/mol. The van der Waals surface area contributed by atoms with E-state index in [1.807, 2.05) is 24.3 Å². The number of esters is 1. The number of benzene rings is 1. The van der Waals surface area contributed by atoms with Gasteiger partial charge in [0, 0.05) is 4.47 Å². The summed E-state index contributed by atoms with van der Waals surface area (Å²) in [7, 11) is 0. The van der Waals surface area contributed by atoms with Crippen LogP contribution in [0.15, 0.2) is 28.7 Å². The van der Waals surface area contributed by atoms with Crippen molar-refractivity contribution in [2.24, 2.45) is 5.92 Å². The number of carbonyl (C=O) groups excluding carboxylic acids is 2. The Morgan fingerprint density at radius 2 is 1.67 bits per heavy atom. The summed E-state index contributed by atoms with van der Waals surface area (Å²) in [5.74, 6) is -0.188. The molecule has 0 bridgehead atoms. The van der Waals surface area contributed by atoms with Gasteiger partial charge in [0.1, 0.15) is 17.5 Å². The molecule has 0 spiro atoms. The van der Waals surface area contributed by atoms with E-state index in [0.717, 1.165) is 42.3 Å². The molecular formula is C19H27BrO4. The number of ketones is 1. The first-order valence-electron chi connectivity index (χ1n) is 8.60. The Kier molecular flexibility index (Phi) is 10.4. The highest BCUT2D eigenvalue weighted by atomic mass is 79.9. The first-order chi connectivity index (χ1) is 11.5. The van der Waals surface area contributed by atoms with Gasteiger partial charge in [-0.3, -0.25) is 9.59 Å². The minimum Gasteiger partial charge on any atom is -0.494 e. The molecule has 0 aromatic heterocycles. The molecule has 0 radical (unpaired) electrons. The highest BCUT2D eigenvalue weighted by Crippen LogP contribution is 2.17. The topological polar surface area (TPSA) is 52.6 Å². The first-order valence-corrected chi connectivity index (χ1v) is 9.39. The molecule has 1 atom stereocenters. The van der Waals surface area contributed by atoms with Gasteiger partial charge in [-0.05, 0) is 51.0 Å². The van der Waals surface area contributed by atoms with Crippen LogP contribution in [0.3, 0.4) is 0 Å². The zero-order chi connectivity index (χ0) is 17.8. The van der Waals surface area contributed by atoms with E-state index in [-0.39, 0.29) is 11.8 Å². The molecule has 5 heteroatoms. The SMILES string of the molecule is CCOC(=O)C(CCCCCCCOc1ccc(Br)cc1)C(C)=O. The molecule has 1 unspecified atom stereocenters. The zero-order valence-corrected chi connectivity index (χ0v) is 16.1. The number of ether oxygens (including phenoxy) is 2. The number of hydrogen-bond acceptors (Lipinski definition) is 4. The molecule has 0 saturated heterocycles. The summed E-state index contributed by atoms with van der Waals surface area (Å²) in [4.78, 5) is 23.2. The highest BCUT2D eigenvalue weighted by Gasteiger charge is 2.23. The lowest BCUT2D eigenvalue weighted by atomic mass is 9.97. The number of rotatable bonds is 12. The Morgan fingerprint density at radius 3 is 2.29 bits per heavy atom. The molecule has 0 amide bonds. The van der Waals surface area contributed by atoms with Crippen LogP contribution < -0.4 is 4.74 Å². The van der Waals surface area contributed by atoms with Crippen LogP contribution in [0.5, 0.6) is 5.75 Å². The quantitative estimate of drug-likeness (QED) is 0.284. The first kappa shape index (κ1) is 20.7. The van der Waals surface area contributed by atoms with Crippen molar-refractivity contribution in [1.82, 2.24) is 0 Å². The lowest BCUT2D eigenvalue weighted by Gasteiger charge is -2.12. The van der Waals surface area contributed by atoms with E-state index in [2.05, 4.69) is 15.9 Å². The molecule has 1 rings (SSSR count). The van der Waals surface area contributed by atoms with Gasteiger partial charge in [0.15, 0.2) is 0 Å². The zero-order valence-electron chi connectivity index (χ0n) is 14.6. The van der Waals surface area contributed by atoms with Crippen molar-refractivity contribution in [3.63, 3.8) is 0 Å². The second kappa shape index (κ2) is 12.1. The summed E-state index contributed by atoms with van der Waals surface area (Å²) < 4.78 is 11.7. The molecule has 1 aromatic rings. The molecule has 0 aliphatic heterocycles. The van der Waals surface area contributed by atoms with Crippen LogP contribution in [0.2, 0.25) is 0 Å². The fourth-order valence-electron chi connectivity index (χ4n) is 2.43. The Balaban J connectivity index is 2.07. The van der Waals surface area contributed by atoms with Crippen molar-refractivity contribution in [2.45, 2.75) is 52.4 Å². The van der Waals surface area contributed by atoms with Crippen molar-refractivity contribution in [3.05, 3.63) is 28.7 Å². The van der Waals surface area contributed by atoms with Gasteiger partial charge in [0.2, 0.25) is 0 Å². The Labute approximate surface area is 153 Å². The third-order valence-corrected chi connectivity index (χ3v) is 4.31. The Morgan fingerprint density at radius 1 is 1.04 bits per heavy atom. The fourth-order valence-corrected chi connectivity index (χ4v) is 2.70. The van der Waals surface area contributed by atoms with Gasteiger partial charge in [-0.25, -0.2) is 0 Å². The third kappa shape index (κ3) is 8.48. The van der Waals surface area contributed by atoms with Gasteiger partial charge in [0.05, 0.1) is 13.2 Å². The van der Waals surface area contributed by atoms with Gasteiger partial charge in [0.25, 0.3) is 0 Å². The normalized spacial score (nSPS) is 11.8. The maximum Gasteiger partial charge on any atom is 0.316 e. The molecule has 24 heavy (non-hydrogen) atoms. The molecule has 0 aliphatic rings. The summed E-state index contributed by atoms with van der Waals surface area (Å²) in [5, 5.41) is 0. The van der Waals surface area contributed by atoms with Crippen molar-refractivity contribution in [1.29, 1.82) is 0 Å². The van der Waals surface area contributed by atoms with Crippen LogP contribution in [-0.4, -0.2) is 25.0 Å². The molecule has 0 heterocycles. The van der Waals surface area contributed by atoms with Crippen molar-refractivity contribution in [3.8, 4) is 5.75 Å². The predicted octanol–water partition coefficient (Wildman–Crippen LogP) is 4.94. The number of hydrogen-bond donors (Lipinski definition) is 0. The maximum absolute atomic E-state index is 11.7. The van der Waals surface area contributed by atoms with Crippen LogP contribution >= 0.6 is 15.9 Å². The summed E-state index contributed by atoms with van der Waals surface area (Å²) in [5.41, 5.74) is 0. The van der Waals surface area contributed by atoms with E-state index < -0.39 is 5.92 Å². The maximum atomic E-state index is 11.7. The van der Waals surface area contributed by atoms with E-state index in [9.17, 15) is 9.59 Å². The number of halogens is 1. The minimum atomic E-state index is -0.592. The molecule has 0 saturated carbocycles. The molecular weight excluding hydrogens is 372 g/mol. The summed E-state index contributed by atoms with van der Waals surface area (Å²) in [6, 6.07) is 7.82. The monoisotopic (exact) mass is 398 g/mol. The van der Waals surface area contributed by atoms with E-state index in [1.54, 1.807) is 6.92 Å². The molecule has 0 aliphatic carbocycles. The fraction of sp³-hybridized carbons (Fsp3) is 0.579. The third-order valence-electron chi connectivity index (χ3n) is 3.78. The average Bonchev–Trinajstić information content (AvgIpc) is 2.54. The number of carbonyl (C=O) groups is 2. The van der Waals surface area contributed by atoms with Crippen molar-refractivity contribution < 1.29 is 19.1 Å². The van der Waals surface area contributed by atoms with Crippen LogP contribution in [0.25, 0.3) is 0 Å². The summed E-state index contributed by atoms with van der Waals surface area (Å²) >= 11 is 3.39. The van der Waals surface area contributed by atoms with Crippen LogP contribution in [0.4, 0.5) is 0 Å². The Hall–Kier alpha value is -1.36.